The molecular weight excluding hydrogens is 299 g/mol. The van der Waals surface area contributed by atoms with Crippen molar-refractivity contribution in [1.82, 2.24) is 4.98 Å². The summed E-state index contributed by atoms with van der Waals surface area (Å²) in [6, 6.07) is 17.9. The van der Waals surface area contributed by atoms with E-state index >= 15 is 0 Å². The SMILES string of the molecule is O=P(O)(O)C(Nc1ccccc1)c1ccc2ncccc2c1. The molecule has 0 radical (unpaired) electrons. The number of nitrogens with zero attached hydrogens (tertiary/aromatic N) is 1. The summed E-state index contributed by atoms with van der Waals surface area (Å²) in [4.78, 5) is 23.6. The van der Waals surface area contributed by atoms with Crippen molar-refractivity contribution in [2.24, 2.45) is 0 Å². The Labute approximate surface area is 127 Å². The molecule has 22 heavy (non-hydrogen) atoms. The smallest absolute Gasteiger partial charge is 0.352 e. The number of fused-ring (bicyclic) bond motifs is 1. The van der Waals surface area contributed by atoms with E-state index in [1.54, 1.807) is 42.6 Å². The Hall–Kier alpha value is -2.20. The molecule has 5 nitrogen and oxygen atoms in total. The number of rotatable bonds is 4. The molecule has 0 aliphatic rings. The van der Waals surface area contributed by atoms with Crippen molar-refractivity contribution in [1.29, 1.82) is 0 Å². The second kappa shape index (κ2) is 5.89. The summed E-state index contributed by atoms with van der Waals surface area (Å²) >= 11 is 0. The zero-order valence-electron chi connectivity index (χ0n) is 11.6. The van der Waals surface area contributed by atoms with Gasteiger partial charge < -0.3 is 15.1 Å². The summed E-state index contributed by atoms with van der Waals surface area (Å²) in [5.41, 5.74) is 1.97. The Morgan fingerprint density at radius 1 is 1.00 bits per heavy atom. The van der Waals surface area contributed by atoms with Gasteiger partial charge in [-0.05, 0) is 35.9 Å². The molecule has 0 saturated heterocycles. The van der Waals surface area contributed by atoms with Crippen molar-refractivity contribution in [2.45, 2.75) is 5.78 Å². The van der Waals surface area contributed by atoms with Crippen molar-refractivity contribution >= 4 is 24.2 Å². The van der Waals surface area contributed by atoms with E-state index in [4.69, 9.17) is 0 Å². The molecule has 112 valence electrons. The number of nitrogens with one attached hydrogen (secondary N) is 1. The lowest BCUT2D eigenvalue weighted by atomic mass is 10.1. The standard InChI is InChI=1S/C16H15N2O3P/c19-22(20,21)16(18-14-6-2-1-3-7-14)13-8-9-15-12(11-13)5-4-10-17-15/h1-11,16,18H,(H2,19,20,21). The normalized spacial score (nSPS) is 13.0. The van der Waals surface area contributed by atoms with E-state index < -0.39 is 13.4 Å². The Bertz CT molecular complexity index is 833. The van der Waals surface area contributed by atoms with Gasteiger partial charge in [0.15, 0.2) is 5.78 Å². The first-order valence-electron chi connectivity index (χ1n) is 6.75. The number of pyridine rings is 1. The molecule has 0 saturated carbocycles. The first-order chi connectivity index (χ1) is 10.5. The fraction of sp³-hybridized carbons (Fsp3) is 0.0625. The van der Waals surface area contributed by atoms with Crippen LogP contribution < -0.4 is 5.32 Å². The van der Waals surface area contributed by atoms with E-state index in [1.165, 1.54) is 0 Å². The van der Waals surface area contributed by atoms with Crippen LogP contribution in [0.2, 0.25) is 0 Å². The molecule has 0 spiro atoms. The summed E-state index contributed by atoms with van der Waals surface area (Å²) < 4.78 is 11.9. The largest absolute Gasteiger partial charge is 0.368 e. The molecule has 0 amide bonds. The maximum absolute atomic E-state index is 11.9. The maximum Gasteiger partial charge on any atom is 0.352 e. The van der Waals surface area contributed by atoms with Crippen LogP contribution >= 0.6 is 7.60 Å². The molecule has 1 atom stereocenters. The number of hydrogen-bond acceptors (Lipinski definition) is 3. The van der Waals surface area contributed by atoms with Crippen LogP contribution in [0, 0.1) is 0 Å². The average Bonchev–Trinajstić information content (AvgIpc) is 2.52. The predicted octanol–water partition coefficient (Wildman–Crippen LogP) is 3.52. The molecule has 3 rings (SSSR count). The van der Waals surface area contributed by atoms with Gasteiger partial charge in [-0.3, -0.25) is 9.55 Å². The molecule has 6 heteroatoms. The quantitative estimate of drug-likeness (QED) is 0.642. The van der Waals surface area contributed by atoms with Crippen LogP contribution in [0.25, 0.3) is 10.9 Å². The van der Waals surface area contributed by atoms with Crippen molar-refractivity contribution in [3.8, 4) is 0 Å². The van der Waals surface area contributed by atoms with Gasteiger partial charge in [0.2, 0.25) is 0 Å². The lowest BCUT2D eigenvalue weighted by Gasteiger charge is -2.21. The fourth-order valence-corrected chi connectivity index (χ4v) is 3.18. The van der Waals surface area contributed by atoms with Crippen molar-refractivity contribution in [3.05, 3.63) is 72.4 Å². The lowest BCUT2D eigenvalue weighted by molar-refractivity contribution is 0.363. The highest BCUT2D eigenvalue weighted by atomic mass is 31.2. The number of para-hydroxylation sites is 1. The predicted molar refractivity (Wildman–Crippen MR) is 86.6 cm³/mol. The zero-order valence-corrected chi connectivity index (χ0v) is 12.5. The highest BCUT2D eigenvalue weighted by Gasteiger charge is 2.30. The topological polar surface area (TPSA) is 82.5 Å². The molecule has 0 fully saturated rings. The van der Waals surface area contributed by atoms with Gasteiger partial charge in [-0.1, -0.05) is 30.3 Å². The van der Waals surface area contributed by atoms with Gasteiger partial charge in [-0.2, -0.15) is 0 Å². The van der Waals surface area contributed by atoms with Gasteiger partial charge in [0, 0.05) is 17.3 Å². The molecule has 3 N–H and O–H groups in total. The van der Waals surface area contributed by atoms with Crippen LogP contribution in [0.5, 0.6) is 0 Å². The van der Waals surface area contributed by atoms with Crippen LogP contribution in [0.4, 0.5) is 5.69 Å². The van der Waals surface area contributed by atoms with Crippen LogP contribution in [-0.2, 0) is 4.57 Å². The monoisotopic (exact) mass is 314 g/mol. The second-order valence-electron chi connectivity index (χ2n) is 4.96. The van der Waals surface area contributed by atoms with Crippen LogP contribution in [0.3, 0.4) is 0 Å². The molecule has 3 aromatic rings. The van der Waals surface area contributed by atoms with E-state index in [9.17, 15) is 14.4 Å². The maximum atomic E-state index is 11.9. The van der Waals surface area contributed by atoms with Crippen LogP contribution in [-0.4, -0.2) is 14.8 Å². The first kappa shape index (κ1) is 14.7. The third-order valence-corrected chi connectivity index (χ3v) is 4.46. The van der Waals surface area contributed by atoms with E-state index in [0.717, 1.165) is 10.9 Å². The minimum absolute atomic E-state index is 0.526. The number of anilines is 1. The van der Waals surface area contributed by atoms with Gasteiger partial charge in [0.1, 0.15) is 0 Å². The first-order valence-corrected chi connectivity index (χ1v) is 8.44. The molecule has 1 unspecified atom stereocenters. The second-order valence-corrected chi connectivity index (χ2v) is 6.65. The number of aromatic nitrogens is 1. The Kier molecular flexibility index (Phi) is 3.94. The Balaban J connectivity index is 2.02. The summed E-state index contributed by atoms with van der Waals surface area (Å²) in [6.07, 6.45) is 1.69. The summed E-state index contributed by atoms with van der Waals surface area (Å²) in [6.45, 7) is 0. The Morgan fingerprint density at radius 3 is 2.50 bits per heavy atom. The van der Waals surface area contributed by atoms with E-state index in [-0.39, 0.29) is 0 Å². The van der Waals surface area contributed by atoms with E-state index in [0.29, 0.717) is 11.3 Å². The third-order valence-electron chi connectivity index (χ3n) is 3.36. The van der Waals surface area contributed by atoms with Crippen molar-refractivity contribution in [3.63, 3.8) is 0 Å². The zero-order chi connectivity index (χ0) is 15.6. The van der Waals surface area contributed by atoms with Crippen molar-refractivity contribution in [2.75, 3.05) is 5.32 Å². The minimum atomic E-state index is -4.37. The van der Waals surface area contributed by atoms with Crippen molar-refractivity contribution < 1.29 is 14.4 Å². The van der Waals surface area contributed by atoms with Crippen LogP contribution in [0.1, 0.15) is 11.3 Å². The average molecular weight is 314 g/mol. The van der Waals surface area contributed by atoms with Crippen LogP contribution in [0.15, 0.2) is 66.9 Å². The number of benzene rings is 2. The molecular formula is C16H15N2O3P. The van der Waals surface area contributed by atoms with E-state index in [1.807, 2.05) is 24.3 Å². The molecule has 2 aromatic carbocycles. The van der Waals surface area contributed by atoms with Gasteiger partial charge in [0.05, 0.1) is 5.52 Å². The van der Waals surface area contributed by atoms with E-state index in [2.05, 4.69) is 10.3 Å². The molecule has 0 aliphatic heterocycles. The number of hydrogen-bond donors (Lipinski definition) is 3. The minimum Gasteiger partial charge on any atom is -0.368 e. The molecule has 0 aliphatic carbocycles. The van der Waals surface area contributed by atoms with Gasteiger partial charge >= 0.3 is 7.60 Å². The summed E-state index contributed by atoms with van der Waals surface area (Å²) in [5, 5.41) is 3.76. The molecule has 0 bridgehead atoms. The fourth-order valence-electron chi connectivity index (χ4n) is 2.32. The van der Waals surface area contributed by atoms with Gasteiger partial charge in [0.25, 0.3) is 0 Å². The Morgan fingerprint density at radius 2 is 1.77 bits per heavy atom. The molecule has 1 heterocycles. The molecule has 1 aromatic heterocycles. The van der Waals surface area contributed by atoms with Gasteiger partial charge in [-0.15, -0.1) is 0 Å². The summed E-state index contributed by atoms with van der Waals surface area (Å²) in [5.74, 6) is -1.10. The summed E-state index contributed by atoms with van der Waals surface area (Å²) in [7, 11) is -4.37. The lowest BCUT2D eigenvalue weighted by Crippen LogP contribution is -2.11. The van der Waals surface area contributed by atoms with Gasteiger partial charge in [-0.25, -0.2) is 0 Å². The highest BCUT2D eigenvalue weighted by Crippen LogP contribution is 2.51. The third kappa shape index (κ3) is 3.17. The highest BCUT2D eigenvalue weighted by molar-refractivity contribution is 7.52.